The Hall–Kier alpha value is -1.30. The number of carbonyl (C=O) groups is 1. The van der Waals surface area contributed by atoms with E-state index in [1.807, 2.05) is 0 Å². The van der Waals surface area contributed by atoms with Gasteiger partial charge in [0, 0.05) is 12.6 Å². The van der Waals surface area contributed by atoms with Crippen molar-refractivity contribution < 1.29 is 4.79 Å². The van der Waals surface area contributed by atoms with E-state index in [4.69, 9.17) is 5.73 Å². The highest BCUT2D eigenvalue weighted by molar-refractivity contribution is 7.18. The predicted octanol–water partition coefficient (Wildman–Crippen LogP) is 2.71. The van der Waals surface area contributed by atoms with Crippen LogP contribution in [-0.2, 0) is 0 Å². The van der Waals surface area contributed by atoms with E-state index >= 15 is 0 Å². The number of nitrogen functional groups attached to an aromatic ring is 1. The van der Waals surface area contributed by atoms with Gasteiger partial charge in [0.15, 0.2) is 5.13 Å². The van der Waals surface area contributed by atoms with Gasteiger partial charge in [-0.25, -0.2) is 4.98 Å². The van der Waals surface area contributed by atoms with E-state index in [9.17, 15) is 4.79 Å². The maximum absolute atomic E-state index is 12.3. The van der Waals surface area contributed by atoms with Crippen LogP contribution in [0.5, 0.6) is 0 Å². The lowest BCUT2D eigenvalue weighted by Crippen LogP contribution is -2.37. The Kier molecular flexibility index (Phi) is 4.86. The first-order chi connectivity index (χ1) is 9.52. The van der Waals surface area contributed by atoms with Crippen LogP contribution < -0.4 is 16.4 Å². The maximum Gasteiger partial charge on any atom is 0.265 e. The highest BCUT2D eigenvalue weighted by Crippen LogP contribution is 2.32. The standard InChI is InChI=1S/C14H24N4OS/c1-4-7-16-14-18-12(15)11(20-14)13(19)17-10-6-5-8(2)9(10)3/h8-10H,4-7,15H2,1-3H3,(H,16,18)(H,17,19). The van der Waals surface area contributed by atoms with Crippen molar-refractivity contribution in [1.82, 2.24) is 10.3 Å². The van der Waals surface area contributed by atoms with E-state index < -0.39 is 0 Å². The monoisotopic (exact) mass is 296 g/mol. The van der Waals surface area contributed by atoms with Gasteiger partial charge in [0.2, 0.25) is 0 Å². The molecule has 0 aliphatic heterocycles. The molecule has 5 nitrogen and oxygen atoms in total. The van der Waals surface area contributed by atoms with Crippen LogP contribution >= 0.6 is 11.3 Å². The third-order valence-corrected chi connectivity index (χ3v) is 5.20. The first-order valence-corrected chi connectivity index (χ1v) is 8.15. The number of rotatable bonds is 5. The summed E-state index contributed by atoms with van der Waals surface area (Å²) in [4.78, 5) is 17.0. The summed E-state index contributed by atoms with van der Waals surface area (Å²) in [6.45, 7) is 7.36. The number of hydrogen-bond acceptors (Lipinski definition) is 5. The Labute approximate surface area is 124 Å². The summed E-state index contributed by atoms with van der Waals surface area (Å²) in [6, 6.07) is 0.256. The number of nitrogens with one attached hydrogen (secondary N) is 2. The maximum atomic E-state index is 12.3. The van der Waals surface area contributed by atoms with Gasteiger partial charge in [-0.1, -0.05) is 32.1 Å². The molecule has 1 aliphatic rings. The zero-order chi connectivity index (χ0) is 14.7. The molecule has 6 heteroatoms. The van der Waals surface area contributed by atoms with Crippen molar-refractivity contribution >= 4 is 28.2 Å². The Morgan fingerprint density at radius 1 is 1.45 bits per heavy atom. The molecule has 2 rings (SSSR count). The zero-order valence-electron chi connectivity index (χ0n) is 12.4. The fraction of sp³-hybridized carbons (Fsp3) is 0.714. The Morgan fingerprint density at radius 2 is 2.20 bits per heavy atom. The molecular weight excluding hydrogens is 272 g/mol. The minimum atomic E-state index is -0.0875. The van der Waals surface area contributed by atoms with E-state index in [2.05, 4.69) is 36.4 Å². The molecule has 20 heavy (non-hydrogen) atoms. The second-order valence-electron chi connectivity index (χ2n) is 5.65. The van der Waals surface area contributed by atoms with Gasteiger partial charge in [-0.3, -0.25) is 4.79 Å². The fourth-order valence-electron chi connectivity index (χ4n) is 2.60. The van der Waals surface area contributed by atoms with E-state index in [0.717, 1.165) is 24.5 Å². The van der Waals surface area contributed by atoms with Crippen molar-refractivity contribution in [1.29, 1.82) is 0 Å². The molecule has 1 aromatic rings. The third kappa shape index (κ3) is 3.23. The second-order valence-corrected chi connectivity index (χ2v) is 6.65. The van der Waals surface area contributed by atoms with Crippen molar-refractivity contribution in [2.75, 3.05) is 17.6 Å². The number of hydrogen-bond donors (Lipinski definition) is 3. The predicted molar refractivity (Wildman–Crippen MR) is 84.1 cm³/mol. The lowest BCUT2D eigenvalue weighted by Gasteiger charge is -2.19. The molecule has 1 fully saturated rings. The molecule has 1 saturated carbocycles. The SMILES string of the molecule is CCCNc1nc(N)c(C(=O)NC2CCC(C)C2C)s1. The highest BCUT2D eigenvalue weighted by atomic mass is 32.1. The molecule has 0 saturated heterocycles. The number of anilines is 2. The molecule has 0 bridgehead atoms. The number of thiazole rings is 1. The van der Waals surface area contributed by atoms with E-state index in [-0.39, 0.29) is 11.9 Å². The van der Waals surface area contributed by atoms with Gasteiger partial charge < -0.3 is 16.4 Å². The summed E-state index contributed by atoms with van der Waals surface area (Å²) in [5.41, 5.74) is 5.85. The molecule has 0 spiro atoms. The highest BCUT2D eigenvalue weighted by Gasteiger charge is 2.31. The van der Waals surface area contributed by atoms with Gasteiger partial charge in [-0.15, -0.1) is 0 Å². The molecule has 112 valence electrons. The average molecular weight is 296 g/mol. The first-order valence-electron chi connectivity index (χ1n) is 7.34. The normalized spacial score (nSPS) is 25.6. The summed E-state index contributed by atoms with van der Waals surface area (Å²) in [6.07, 6.45) is 3.24. The molecule has 3 unspecified atom stereocenters. The molecule has 4 N–H and O–H groups in total. The van der Waals surface area contributed by atoms with Crippen LogP contribution in [0.15, 0.2) is 0 Å². The van der Waals surface area contributed by atoms with Gasteiger partial charge in [0.05, 0.1) is 0 Å². The van der Waals surface area contributed by atoms with E-state index in [0.29, 0.717) is 22.5 Å². The van der Waals surface area contributed by atoms with Crippen molar-refractivity contribution in [2.45, 2.75) is 46.1 Å². The largest absolute Gasteiger partial charge is 0.382 e. The molecule has 1 aliphatic carbocycles. The summed E-state index contributed by atoms with van der Waals surface area (Å²) >= 11 is 1.33. The number of aromatic nitrogens is 1. The second kappa shape index (κ2) is 6.43. The Balaban J connectivity index is 2.00. The van der Waals surface area contributed by atoms with E-state index in [1.165, 1.54) is 17.8 Å². The third-order valence-electron chi connectivity index (χ3n) is 4.17. The number of nitrogens with two attached hydrogens (primary N) is 1. The van der Waals surface area contributed by atoms with Crippen molar-refractivity contribution in [3.63, 3.8) is 0 Å². The van der Waals surface area contributed by atoms with Crippen molar-refractivity contribution in [2.24, 2.45) is 11.8 Å². The quantitative estimate of drug-likeness (QED) is 0.780. The summed E-state index contributed by atoms with van der Waals surface area (Å²) < 4.78 is 0. The van der Waals surface area contributed by atoms with Gasteiger partial charge in [0.1, 0.15) is 10.7 Å². The molecule has 1 aromatic heterocycles. The molecule has 0 radical (unpaired) electrons. The number of amides is 1. The Morgan fingerprint density at radius 3 is 2.80 bits per heavy atom. The van der Waals surface area contributed by atoms with Gasteiger partial charge in [-0.2, -0.15) is 0 Å². The van der Waals surface area contributed by atoms with Gasteiger partial charge >= 0.3 is 0 Å². The molecule has 1 heterocycles. The van der Waals surface area contributed by atoms with Crippen molar-refractivity contribution in [3.05, 3.63) is 4.88 Å². The van der Waals surface area contributed by atoms with Gasteiger partial charge in [-0.05, 0) is 31.1 Å². The number of nitrogens with zero attached hydrogens (tertiary/aromatic N) is 1. The first kappa shape index (κ1) is 15.1. The summed E-state index contributed by atoms with van der Waals surface area (Å²) in [5, 5.41) is 7.00. The van der Waals surface area contributed by atoms with Crippen LogP contribution in [0, 0.1) is 11.8 Å². The summed E-state index contributed by atoms with van der Waals surface area (Å²) in [5.74, 6) is 1.42. The minimum absolute atomic E-state index is 0.0875. The zero-order valence-corrected chi connectivity index (χ0v) is 13.2. The Bertz CT molecular complexity index is 474. The van der Waals surface area contributed by atoms with Crippen LogP contribution in [0.3, 0.4) is 0 Å². The van der Waals surface area contributed by atoms with Crippen LogP contribution in [0.4, 0.5) is 10.9 Å². The molecule has 1 amide bonds. The van der Waals surface area contributed by atoms with Crippen LogP contribution in [0.25, 0.3) is 0 Å². The van der Waals surface area contributed by atoms with Crippen molar-refractivity contribution in [3.8, 4) is 0 Å². The van der Waals surface area contributed by atoms with Gasteiger partial charge in [0.25, 0.3) is 5.91 Å². The smallest absolute Gasteiger partial charge is 0.265 e. The topological polar surface area (TPSA) is 80.0 Å². The van der Waals surface area contributed by atoms with Crippen LogP contribution in [0.2, 0.25) is 0 Å². The molecule has 3 atom stereocenters. The molecular formula is C14H24N4OS. The van der Waals surface area contributed by atoms with Crippen LogP contribution in [-0.4, -0.2) is 23.5 Å². The summed E-state index contributed by atoms with van der Waals surface area (Å²) in [7, 11) is 0. The lowest BCUT2D eigenvalue weighted by atomic mass is 9.98. The fourth-order valence-corrected chi connectivity index (χ4v) is 3.42. The number of carbonyl (C=O) groups excluding carboxylic acids is 1. The molecule has 0 aromatic carbocycles. The minimum Gasteiger partial charge on any atom is -0.382 e. The lowest BCUT2D eigenvalue weighted by molar-refractivity contribution is 0.0932. The average Bonchev–Trinajstić information content (AvgIpc) is 2.94. The van der Waals surface area contributed by atoms with Crippen LogP contribution in [0.1, 0.15) is 49.7 Å². The van der Waals surface area contributed by atoms with E-state index in [1.54, 1.807) is 0 Å².